The molecule has 0 amide bonds. The number of nitrogens with two attached hydrogens (primary N) is 1. The number of benzene rings is 1. The van der Waals surface area contributed by atoms with Gasteiger partial charge >= 0.3 is 5.97 Å². The average molecular weight is 307 g/mol. The maximum Gasteiger partial charge on any atom is 0.337 e. The summed E-state index contributed by atoms with van der Waals surface area (Å²) in [6.07, 6.45) is 1.62. The molecular formula is C13H13N3O4S. The van der Waals surface area contributed by atoms with Crippen molar-refractivity contribution in [3.8, 4) is 0 Å². The van der Waals surface area contributed by atoms with E-state index in [9.17, 15) is 13.2 Å². The number of pyridine rings is 1. The molecule has 0 aliphatic carbocycles. The van der Waals surface area contributed by atoms with Crippen LogP contribution in [0.5, 0.6) is 0 Å². The molecule has 0 unspecified atom stereocenters. The Morgan fingerprint density at radius 1 is 1.29 bits per heavy atom. The topological polar surface area (TPSA) is 122 Å². The van der Waals surface area contributed by atoms with E-state index in [2.05, 4.69) is 10.3 Å². The van der Waals surface area contributed by atoms with Gasteiger partial charge in [0, 0.05) is 11.9 Å². The number of carboxylic acids is 1. The van der Waals surface area contributed by atoms with Crippen LogP contribution in [-0.4, -0.2) is 24.5 Å². The summed E-state index contributed by atoms with van der Waals surface area (Å²) in [5, 5.41) is 17.1. The highest BCUT2D eigenvalue weighted by Gasteiger charge is 2.15. The lowest BCUT2D eigenvalue weighted by Crippen LogP contribution is -2.14. The van der Waals surface area contributed by atoms with Crippen molar-refractivity contribution in [3.05, 3.63) is 53.9 Å². The molecule has 0 atom stereocenters. The number of rotatable bonds is 5. The monoisotopic (exact) mass is 307 g/mol. The first kappa shape index (κ1) is 14.9. The third-order valence-corrected chi connectivity index (χ3v) is 3.65. The Balaban J connectivity index is 2.29. The molecule has 4 N–H and O–H groups in total. The van der Waals surface area contributed by atoms with Gasteiger partial charge in [-0.05, 0) is 30.3 Å². The maximum atomic E-state index is 11.3. The highest BCUT2D eigenvalue weighted by molar-refractivity contribution is 7.89. The summed E-state index contributed by atoms with van der Waals surface area (Å²) < 4.78 is 22.5. The molecule has 2 aromatic rings. The van der Waals surface area contributed by atoms with Crippen LogP contribution in [0.3, 0.4) is 0 Å². The van der Waals surface area contributed by atoms with Crippen molar-refractivity contribution >= 4 is 21.7 Å². The summed E-state index contributed by atoms with van der Waals surface area (Å²) in [4.78, 5) is 15.1. The molecule has 0 fully saturated rings. The average Bonchev–Trinajstić information content (AvgIpc) is 2.45. The first-order valence-electron chi connectivity index (χ1n) is 5.92. The summed E-state index contributed by atoms with van der Waals surface area (Å²) in [6, 6.07) is 9.01. The summed E-state index contributed by atoms with van der Waals surface area (Å²) in [7, 11) is -3.95. The van der Waals surface area contributed by atoms with Crippen molar-refractivity contribution in [2.75, 3.05) is 5.32 Å². The van der Waals surface area contributed by atoms with Crippen LogP contribution in [0.1, 0.15) is 16.1 Å². The molecule has 0 saturated carbocycles. The smallest absolute Gasteiger partial charge is 0.337 e. The Hall–Kier alpha value is -2.45. The van der Waals surface area contributed by atoms with Crippen molar-refractivity contribution in [1.29, 1.82) is 0 Å². The lowest BCUT2D eigenvalue weighted by molar-refractivity contribution is 0.0697. The van der Waals surface area contributed by atoms with Gasteiger partial charge < -0.3 is 10.4 Å². The summed E-state index contributed by atoms with van der Waals surface area (Å²) in [5.74, 6) is -1.25. The van der Waals surface area contributed by atoms with E-state index in [1.807, 2.05) is 6.07 Å². The van der Waals surface area contributed by atoms with Crippen LogP contribution in [0.4, 0.5) is 5.69 Å². The van der Waals surface area contributed by atoms with Crippen LogP contribution in [-0.2, 0) is 16.6 Å². The minimum absolute atomic E-state index is 0.169. The molecule has 7 nitrogen and oxygen atoms in total. The maximum absolute atomic E-state index is 11.3. The molecule has 1 aromatic heterocycles. The van der Waals surface area contributed by atoms with Gasteiger partial charge in [-0.1, -0.05) is 6.07 Å². The first-order valence-corrected chi connectivity index (χ1v) is 7.46. The van der Waals surface area contributed by atoms with Crippen LogP contribution in [0.2, 0.25) is 0 Å². The predicted molar refractivity (Wildman–Crippen MR) is 76.3 cm³/mol. The van der Waals surface area contributed by atoms with Crippen molar-refractivity contribution in [3.63, 3.8) is 0 Å². The van der Waals surface area contributed by atoms with Gasteiger partial charge in [-0.3, -0.25) is 4.98 Å². The normalized spacial score (nSPS) is 11.1. The number of hydrogen-bond acceptors (Lipinski definition) is 5. The molecule has 0 radical (unpaired) electrons. The van der Waals surface area contributed by atoms with E-state index < -0.39 is 16.0 Å². The fraction of sp³-hybridized carbons (Fsp3) is 0.0769. The van der Waals surface area contributed by atoms with E-state index >= 15 is 0 Å². The van der Waals surface area contributed by atoms with E-state index in [0.717, 1.165) is 11.8 Å². The third kappa shape index (κ3) is 3.77. The quantitative estimate of drug-likeness (QED) is 0.758. The summed E-state index contributed by atoms with van der Waals surface area (Å²) in [5.41, 5.74) is 0.849. The molecule has 0 bridgehead atoms. The van der Waals surface area contributed by atoms with Crippen LogP contribution in [0, 0.1) is 0 Å². The highest BCUT2D eigenvalue weighted by Crippen LogP contribution is 2.20. The first-order chi connectivity index (χ1) is 9.88. The Morgan fingerprint density at radius 2 is 2.05 bits per heavy atom. The second-order valence-corrected chi connectivity index (χ2v) is 5.79. The molecule has 0 aliphatic rings. The van der Waals surface area contributed by atoms with Crippen molar-refractivity contribution in [2.24, 2.45) is 5.14 Å². The molecule has 8 heteroatoms. The SMILES string of the molecule is NS(=O)(=O)c1ccc(NCc2ccccn2)c(C(=O)O)c1. The van der Waals surface area contributed by atoms with Crippen molar-refractivity contribution < 1.29 is 18.3 Å². The largest absolute Gasteiger partial charge is 0.478 e. The Labute approximate surface area is 121 Å². The number of nitrogens with zero attached hydrogens (tertiary/aromatic N) is 1. The second kappa shape index (κ2) is 5.90. The summed E-state index contributed by atoms with van der Waals surface area (Å²) >= 11 is 0. The van der Waals surface area contributed by atoms with E-state index in [1.54, 1.807) is 18.3 Å². The molecule has 110 valence electrons. The molecule has 1 heterocycles. The highest BCUT2D eigenvalue weighted by atomic mass is 32.2. The zero-order chi connectivity index (χ0) is 15.5. The number of carboxylic acid groups (broad SMARTS) is 1. The number of carbonyl (C=O) groups is 1. The van der Waals surface area contributed by atoms with E-state index in [1.165, 1.54) is 12.1 Å². The number of primary sulfonamides is 1. The van der Waals surface area contributed by atoms with Crippen LogP contribution < -0.4 is 10.5 Å². The van der Waals surface area contributed by atoms with Gasteiger partial charge in [0.25, 0.3) is 0 Å². The van der Waals surface area contributed by atoms with Gasteiger partial charge in [0.1, 0.15) is 0 Å². The zero-order valence-corrected chi connectivity index (χ0v) is 11.7. The predicted octanol–water partition coefficient (Wildman–Crippen LogP) is 1.04. The van der Waals surface area contributed by atoms with E-state index in [4.69, 9.17) is 10.2 Å². The zero-order valence-electron chi connectivity index (χ0n) is 10.9. The Morgan fingerprint density at radius 3 is 2.62 bits per heavy atom. The molecular weight excluding hydrogens is 294 g/mol. The van der Waals surface area contributed by atoms with Gasteiger partial charge in [0.2, 0.25) is 10.0 Å². The fourth-order valence-electron chi connectivity index (χ4n) is 1.72. The Kier molecular flexibility index (Phi) is 4.20. The van der Waals surface area contributed by atoms with E-state index in [0.29, 0.717) is 12.2 Å². The molecule has 0 spiro atoms. The third-order valence-electron chi connectivity index (χ3n) is 2.74. The Bertz CT molecular complexity index is 760. The number of aromatic nitrogens is 1. The number of anilines is 1. The minimum Gasteiger partial charge on any atom is -0.478 e. The molecule has 2 rings (SSSR count). The van der Waals surface area contributed by atoms with Gasteiger partial charge in [0.05, 0.1) is 22.7 Å². The van der Waals surface area contributed by atoms with Crippen LogP contribution in [0.15, 0.2) is 47.5 Å². The summed E-state index contributed by atoms with van der Waals surface area (Å²) in [6.45, 7) is 0.315. The van der Waals surface area contributed by atoms with Crippen molar-refractivity contribution in [2.45, 2.75) is 11.4 Å². The lowest BCUT2D eigenvalue weighted by Gasteiger charge is -2.10. The van der Waals surface area contributed by atoms with Gasteiger partial charge in [-0.15, -0.1) is 0 Å². The minimum atomic E-state index is -3.95. The molecule has 1 aromatic carbocycles. The van der Waals surface area contributed by atoms with Crippen LogP contribution in [0.25, 0.3) is 0 Å². The van der Waals surface area contributed by atoms with E-state index in [-0.39, 0.29) is 10.5 Å². The fourth-order valence-corrected chi connectivity index (χ4v) is 2.26. The number of nitrogens with one attached hydrogen (secondary N) is 1. The van der Waals surface area contributed by atoms with Gasteiger partial charge in [0.15, 0.2) is 0 Å². The molecule has 21 heavy (non-hydrogen) atoms. The van der Waals surface area contributed by atoms with Crippen molar-refractivity contribution in [1.82, 2.24) is 4.98 Å². The lowest BCUT2D eigenvalue weighted by atomic mass is 10.1. The number of hydrogen-bond donors (Lipinski definition) is 3. The standard InChI is InChI=1S/C13H13N3O4S/c14-21(19,20)10-4-5-12(11(7-10)13(17)18)16-8-9-3-1-2-6-15-9/h1-7,16H,8H2,(H,17,18)(H2,14,19,20). The van der Waals surface area contributed by atoms with Gasteiger partial charge in [-0.25, -0.2) is 18.4 Å². The molecule has 0 saturated heterocycles. The van der Waals surface area contributed by atoms with Gasteiger partial charge in [-0.2, -0.15) is 0 Å². The second-order valence-electron chi connectivity index (χ2n) is 4.23. The number of aromatic carboxylic acids is 1. The van der Waals surface area contributed by atoms with Crippen LogP contribution >= 0.6 is 0 Å². The number of sulfonamides is 1. The molecule has 0 aliphatic heterocycles.